The molecule has 0 aliphatic heterocycles. The molecule has 2 aromatic rings. The van der Waals surface area contributed by atoms with Gasteiger partial charge in [-0.3, -0.25) is 10.1 Å². The van der Waals surface area contributed by atoms with Crippen LogP contribution >= 0.6 is 0 Å². The predicted octanol–water partition coefficient (Wildman–Crippen LogP) is 1.67. The summed E-state index contributed by atoms with van der Waals surface area (Å²) in [5.74, 6) is 0.127. The molecule has 0 spiro atoms. The number of nitrogens with zero attached hydrogens (tertiary/aromatic N) is 2. The minimum atomic E-state index is -0.281. The summed E-state index contributed by atoms with van der Waals surface area (Å²) in [6.07, 6.45) is 0. The van der Waals surface area contributed by atoms with E-state index in [1.165, 1.54) is 0 Å². The van der Waals surface area contributed by atoms with Crippen LogP contribution in [0, 0.1) is 6.92 Å². The molecule has 0 saturated carbocycles. The van der Waals surface area contributed by atoms with Crippen molar-refractivity contribution < 1.29 is 9.21 Å². The van der Waals surface area contributed by atoms with Crippen molar-refractivity contribution in [3.63, 3.8) is 0 Å². The number of hydrogen-bond donors (Lipinski definition) is 2. The van der Waals surface area contributed by atoms with Crippen molar-refractivity contribution in [3.05, 3.63) is 35.7 Å². The van der Waals surface area contributed by atoms with Gasteiger partial charge in [0.1, 0.15) is 0 Å². The van der Waals surface area contributed by atoms with Gasteiger partial charge in [0.25, 0.3) is 5.91 Å². The van der Waals surface area contributed by atoms with Crippen molar-refractivity contribution in [1.82, 2.24) is 10.2 Å². The van der Waals surface area contributed by atoms with Gasteiger partial charge < -0.3 is 9.73 Å². The summed E-state index contributed by atoms with van der Waals surface area (Å²) < 4.78 is 5.05. The summed E-state index contributed by atoms with van der Waals surface area (Å²) in [6.45, 7) is 1.66. The van der Waals surface area contributed by atoms with Crippen LogP contribution in [-0.2, 0) is 0 Å². The van der Waals surface area contributed by atoms with Crippen LogP contribution in [-0.4, -0.2) is 23.2 Å². The summed E-state index contributed by atoms with van der Waals surface area (Å²) >= 11 is 0. The molecular formula is C11H12N4O2. The number of nitrogens with one attached hydrogen (secondary N) is 2. The van der Waals surface area contributed by atoms with E-state index in [4.69, 9.17) is 4.42 Å². The van der Waals surface area contributed by atoms with Crippen LogP contribution in [0.25, 0.3) is 0 Å². The van der Waals surface area contributed by atoms with Gasteiger partial charge in [0, 0.05) is 25.2 Å². The van der Waals surface area contributed by atoms with Crippen molar-refractivity contribution in [2.24, 2.45) is 0 Å². The predicted molar refractivity (Wildman–Crippen MR) is 63.0 cm³/mol. The molecule has 88 valence electrons. The fraction of sp³-hybridized carbons (Fsp3) is 0.182. The minimum Gasteiger partial charge on any atom is -0.408 e. The molecule has 17 heavy (non-hydrogen) atoms. The lowest BCUT2D eigenvalue weighted by Gasteiger charge is -2.02. The van der Waals surface area contributed by atoms with E-state index in [2.05, 4.69) is 20.8 Å². The first-order chi connectivity index (χ1) is 8.19. The molecule has 0 aliphatic rings. The lowest BCUT2D eigenvalue weighted by molar-refractivity contribution is 0.102. The van der Waals surface area contributed by atoms with Crippen molar-refractivity contribution in [1.29, 1.82) is 0 Å². The highest BCUT2D eigenvalue weighted by atomic mass is 16.4. The smallest absolute Gasteiger partial charge is 0.322 e. The topological polar surface area (TPSA) is 80.0 Å². The molecule has 6 nitrogen and oxygen atoms in total. The average molecular weight is 232 g/mol. The Labute approximate surface area is 98.0 Å². The molecule has 1 heterocycles. The van der Waals surface area contributed by atoms with Crippen LogP contribution in [0.15, 0.2) is 28.7 Å². The molecule has 2 N–H and O–H groups in total. The maximum absolute atomic E-state index is 11.8. The molecule has 0 saturated heterocycles. The van der Waals surface area contributed by atoms with E-state index in [0.29, 0.717) is 11.5 Å². The third kappa shape index (κ3) is 2.60. The minimum absolute atomic E-state index is 0.102. The summed E-state index contributed by atoms with van der Waals surface area (Å²) in [6, 6.07) is 7.15. The monoisotopic (exact) mass is 232 g/mol. The summed E-state index contributed by atoms with van der Waals surface area (Å²) in [5.41, 5.74) is 1.47. The second kappa shape index (κ2) is 4.65. The van der Waals surface area contributed by atoms with E-state index < -0.39 is 0 Å². The highest BCUT2D eigenvalue weighted by Gasteiger charge is 2.09. The van der Waals surface area contributed by atoms with Crippen LogP contribution in [0.1, 0.15) is 16.2 Å². The Morgan fingerprint density at radius 1 is 1.24 bits per heavy atom. The highest BCUT2D eigenvalue weighted by Crippen LogP contribution is 2.11. The fourth-order valence-electron chi connectivity index (χ4n) is 1.30. The Morgan fingerprint density at radius 2 is 1.94 bits per heavy atom. The largest absolute Gasteiger partial charge is 0.408 e. The SMILES string of the molecule is CNc1ccc(C(=O)Nc2nnc(C)o2)cc1. The van der Waals surface area contributed by atoms with Gasteiger partial charge in [-0.05, 0) is 24.3 Å². The number of carbonyl (C=O) groups excluding carboxylic acids is 1. The van der Waals surface area contributed by atoms with Gasteiger partial charge in [-0.2, -0.15) is 0 Å². The zero-order valence-corrected chi connectivity index (χ0v) is 9.52. The van der Waals surface area contributed by atoms with Crippen LogP contribution in [0.2, 0.25) is 0 Å². The molecular weight excluding hydrogens is 220 g/mol. The van der Waals surface area contributed by atoms with Crippen LogP contribution in [0.3, 0.4) is 0 Å². The Kier molecular flexibility index (Phi) is 3.04. The maximum Gasteiger partial charge on any atom is 0.322 e. The quantitative estimate of drug-likeness (QED) is 0.841. The van der Waals surface area contributed by atoms with Gasteiger partial charge >= 0.3 is 6.01 Å². The van der Waals surface area contributed by atoms with E-state index in [1.807, 2.05) is 19.2 Å². The number of benzene rings is 1. The highest BCUT2D eigenvalue weighted by molar-refractivity contribution is 6.03. The standard InChI is InChI=1S/C11H12N4O2/c1-7-14-15-11(17-7)13-10(16)8-3-5-9(12-2)6-4-8/h3-6,12H,1-2H3,(H,13,15,16). The maximum atomic E-state index is 11.8. The third-order valence-electron chi connectivity index (χ3n) is 2.18. The van der Waals surface area contributed by atoms with Crippen molar-refractivity contribution in [2.45, 2.75) is 6.92 Å². The summed E-state index contributed by atoms with van der Waals surface area (Å²) in [7, 11) is 1.82. The zero-order valence-electron chi connectivity index (χ0n) is 9.52. The van der Waals surface area contributed by atoms with Gasteiger partial charge in [0.05, 0.1) is 0 Å². The molecule has 2 rings (SSSR count). The first-order valence-corrected chi connectivity index (χ1v) is 5.08. The molecule has 0 radical (unpaired) electrons. The van der Waals surface area contributed by atoms with Crippen LogP contribution < -0.4 is 10.6 Å². The van der Waals surface area contributed by atoms with Gasteiger partial charge in [-0.25, -0.2) is 0 Å². The molecule has 1 amide bonds. The lowest BCUT2D eigenvalue weighted by Crippen LogP contribution is -2.12. The molecule has 0 atom stereocenters. The van der Waals surface area contributed by atoms with Gasteiger partial charge in [0.15, 0.2) is 0 Å². The number of aryl methyl sites for hydroxylation is 1. The lowest BCUT2D eigenvalue weighted by atomic mass is 10.2. The molecule has 0 unspecified atom stereocenters. The molecule has 1 aromatic heterocycles. The van der Waals surface area contributed by atoms with Crippen molar-refractivity contribution in [2.75, 3.05) is 17.7 Å². The fourth-order valence-corrected chi connectivity index (χ4v) is 1.30. The van der Waals surface area contributed by atoms with Crippen LogP contribution in [0.4, 0.5) is 11.7 Å². The van der Waals surface area contributed by atoms with Gasteiger partial charge in [-0.1, -0.05) is 5.10 Å². The van der Waals surface area contributed by atoms with Gasteiger partial charge in [-0.15, -0.1) is 5.10 Å². The Balaban J connectivity index is 2.09. The average Bonchev–Trinajstić information content (AvgIpc) is 2.75. The van der Waals surface area contributed by atoms with E-state index in [9.17, 15) is 4.79 Å². The van der Waals surface area contributed by atoms with Crippen molar-refractivity contribution >= 4 is 17.6 Å². The Bertz CT molecular complexity index is 519. The Morgan fingerprint density at radius 3 is 2.47 bits per heavy atom. The summed E-state index contributed by atoms with van der Waals surface area (Å²) in [5, 5.41) is 12.8. The molecule has 0 fully saturated rings. The second-order valence-corrected chi connectivity index (χ2v) is 3.41. The van der Waals surface area contributed by atoms with Crippen LogP contribution in [0.5, 0.6) is 0 Å². The first-order valence-electron chi connectivity index (χ1n) is 5.08. The molecule has 0 bridgehead atoms. The molecule has 0 aliphatic carbocycles. The number of anilines is 2. The second-order valence-electron chi connectivity index (χ2n) is 3.41. The van der Waals surface area contributed by atoms with E-state index in [0.717, 1.165) is 5.69 Å². The van der Waals surface area contributed by atoms with E-state index in [-0.39, 0.29) is 11.9 Å². The first kappa shape index (κ1) is 11.1. The molecule has 6 heteroatoms. The Hall–Kier alpha value is -2.37. The van der Waals surface area contributed by atoms with Crippen molar-refractivity contribution in [3.8, 4) is 0 Å². The zero-order chi connectivity index (χ0) is 12.3. The number of aromatic nitrogens is 2. The number of amides is 1. The third-order valence-corrected chi connectivity index (χ3v) is 2.18. The summed E-state index contributed by atoms with van der Waals surface area (Å²) in [4.78, 5) is 11.8. The normalized spacial score (nSPS) is 10.0. The number of carbonyl (C=O) groups is 1. The van der Waals surface area contributed by atoms with Gasteiger partial charge in [0.2, 0.25) is 5.89 Å². The number of rotatable bonds is 3. The van der Waals surface area contributed by atoms with E-state index >= 15 is 0 Å². The number of hydrogen-bond acceptors (Lipinski definition) is 5. The van der Waals surface area contributed by atoms with E-state index in [1.54, 1.807) is 19.1 Å². The molecule has 1 aromatic carbocycles.